The maximum atomic E-state index is 13.6. The fourth-order valence-electron chi connectivity index (χ4n) is 2.33. The van der Waals surface area contributed by atoms with Gasteiger partial charge in [0.1, 0.15) is 11.6 Å². The van der Waals surface area contributed by atoms with Gasteiger partial charge >= 0.3 is 0 Å². The monoisotopic (exact) mass is 302 g/mol. The van der Waals surface area contributed by atoms with E-state index in [9.17, 15) is 13.9 Å². The van der Waals surface area contributed by atoms with Crippen LogP contribution in [-0.2, 0) is 6.54 Å². The molecule has 2 aromatic rings. The molecule has 3 nitrogen and oxygen atoms in total. The lowest BCUT2D eigenvalue weighted by atomic mass is 10.1. The Morgan fingerprint density at radius 3 is 2.45 bits per heavy atom. The molecule has 1 N–H and O–H groups in total. The van der Waals surface area contributed by atoms with E-state index < -0.39 is 17.7 Å². The molecule has 0 aromatic heterocycles. The summed E-state index contributed by atoms with van der Waals surface area (Å²) in [6.07, 6.45) is -1.26. The van der Waals surface area contributed by atoms with Crippen LogP contribution in [0.4, 0.5) is 8.78 Å². The van der Waals surface area contributed by atoms with Crippen LogP contribution in [0, 0.1) is 23.0 Å². The summed E-state index contributed by atoms with van der Waals surface area (Å²) in [5.41, 5.74) is 1.12. The number of hydrogen-bond acceptors (Lipinski definition) is 3. The maximum absolute atomic E-state index is 13.6. The van der Waals surface area contributed by atoms with E-state index in [1.807, 2.05) is 6.07 Å². The highest BCUT2D eigenvalue weighted by molar-refractivity contribution is 5.32. The molecule has 0 unspecified atom stereocenters. The third-order valence-electron chi connectivity index (χ3n) is 3.33. The number of nitriles is 1. The predicted octanol–water partition coefficient (Wildman–Crippen LogP) is 3.00. The van der Waals surface area contributed by atoms with Crippen LogP contribution in [-0.4, -0.2) is 23.6 Å². The van der Waals surface area contributed by atoms with Gasteiger partial charge in [-0.15, -0.1) is 0 Å². The SMILES string of the molecule is CN(Cc1cccc(C#N)c1)C[C@H](O)c1c(F)cccc1F. The van der Waals surface area contributed by atoms with E-state index in [1.165, 1.54) is 6.07 Å². The smallest absolute Gasteiger partial charge is 0.131 e. The van der Waals surface area contributed by atoms with Crippen LogP contribution >= 0.6 is 0 Å². The lowest BCUT2D eigenvalue weighted by Crippen LogP contribution is -2.25. The minimum Gasteiger partial charge on any atom is -0.387 e. The summed E-state index contributed by atoms with van der Waals surface area (Å²) in [6.45, 7) is 0.539. The van der Waals surface area contributed by atoms with Gasteiger partial charge < -0.3 is 5.11 Å². The molecule has 0 aliphatic rings. The number of rotatable bonds is 5. The molecule has 0 amide bonds. The number of halogens is 2. The topological polar surface area (TPSA) is 47.3 Å². The molecule has 0 aliphatic heterocycles. The maximum Gasteiger partial charge on any atom is 0.131 e. The van der Waals surface area contributed by atoms with Crippen molar-refractivity contribution in [3.8, 4) is 6.07 Å². The zero-order valence-corrected chi connectivity index (χ0v) is 12.1. The summed E-state index contributed by atoms with van der Waals surface area (Å²) in [6, 6.07) is 12.6. The van der Waals surface area contributed by atoms with E-state index >= 15 is 0 Å². The molecule has 2 aromatic carbocycles. The fourth-order valence-corrected chi connectivity index (χ4v) is 2.33. The van der Waals surface area contributed by atoms with Gasteiger partial charge in [0.2, 0.25) is 0 Å². The second-order valence-electron chi connectivity index (χ2n) is 5.16. The average Bonchev–Trinajstić information content (AvgIpc) is 2.47. The van der Waals surface area contributed by atoms with Crippen LogP contribution in [0.5, 0.6) is 0 Å². The summed E-state index contributed by atoms with van der Waals surface area (Å²) >= 11 is 0. The van der Waals surface area contributed by atoms with Crippen molar-refractivity contribution in [1.82, 2.24) is 4.90 Å². The van der Waals surface area contributed by atoms with Crippen molar-refractivity contribution in [2.24, 2.45) is 0 Å². The summed E-state index contributed by atoms with van der Waals surface area (Å²) in [5.74, 6) is -1.51. The normalized spacial score (nSPS) is 12.2. The second-order valence-corrected chi connectivity index (χ2v) is 5.16. The molecule has 0 fully saturated rings. The van der Waals surface area contributed by atoms with E-state index in [0.717, 1.165) is 17.7 Å². The quantitative estimate of drug-likeness (QED) is 0.923. The van der Waals surface area contributed by atoms with E-state index in [0.29, 0.717) is 12.1 Å². The van der Waals surface area contributed by atoms with Crippen LogP contribution in [0.2, 0.25) is 0 Å². The molecular formula is C17H16F2N2O. The first-order valence-electron chi connectivity index (χ1n) is 6.81. The lowest BCUT2D eigenvalue weighted by molar-refractivity contribution is 0.117. The Labute approximate surface area is 128 Å². The van der Waals surface area contributed by atoms with Crippen molar-refractivity contribution in [2.45, 2.75) is 12.6 Å². The van der Waals surface area contributed by atoms with E-state index in [-0.39, 0.29) is 12.1 Å². The molecule has 22 heavy (non-hydrogen) atoms. The van der Waals surface area contributed by atoms with Crippen molar-refractivity contribution < 1.29 is 13.9 Å². The van der Waals surface area contributed by atoms with Gasteiger partial charge in [0, 0.05) is 13.1 Å². The standard InChI is InChI=1S/C17H16F2N2O/c1-21(10-13-5-2-4-12(8-13)9-20)11-16(22)17-14(18)6-3-7-15(17)19/h2-8,16,22H,10-11H2,1H3/t16-/m0/s1. The zero-order valence-electron chi connectivity index (χ0n) is 12.1. The third kappa shape index (κ3) is 3.88. The molecule has 0 heterocycles. The van der Waals surface area contributed by atoms with Crippen LogP contribution in [0.15, 0.2) is 42.5 Å². The lowest BCUT2D eigenvalue weighted by Gasteiger charge is -2.21. The first kappa shape index (κ1) is 16.1. The molecule has 0 radical (unpaired) electrons. The van der Waals surface area contributed by atoms with Crippen molar-refractivity contribution in [1.29, 1.82) is 5.26 Å². The molecule has 0 saturated carbocycles. The van der Waals surface area contributed by atoms with Gasteiger partial charge in [-0.25, -0.2) is 8.78 Å². The Balaban J connectivity index is 2.05. The summed E-state index contributed by atoms with van der Waals surface area (Å²) in [4.78, 5) is 1.74. The first-order chi connectivity index (χ1) is 10.5. The van der Waals surface area contributed by atoms with Gasteiger partial charge in [-0.3, -0.25) is 4.90 Å². The Morgan fingerprint density at radius 2 is 1.82 bits per heavy atom. The largest absolute Gasteiger partial charge is 0.387 e. The average molecular weight is 302 g/mol. The van der Waals surface area contributed by atoms with Gasteiger partial charge in [-0.2, -0.15) is 5.26 Å². The highest BCUT2D eigenvalue weighted by Crippen LogP contribution is 2.21. The summed E-state index contributed by atoms with van der Waals surface area (Å²) < 4.78 is 27.2. The minimum absolute atomic E-state index is 0.0780. The number of hydrogen-bond donors (Lipinski definition) is 1. The van der Waals surface area contributed by atoms with Crippen molar-refractivity contribution >= 4 is 0 Å². The second kappa shape index (κ2) is 7.12. The Morgan fingerprint density at radius 1 is 1.18 bits per heavy atom. The van der Waals surface area contributed by atoms with Crippen molar-refractivity contribution in [3.63, 3.8) is 0 Å². The van der Waals surface area contributed by atoms with Crippen LogP contribution < -0.4 is 0 Å². The molecule has 114 valence electrons. The third-order valence-corrected chi connectivity index (χ3v) is 3.33. The highest BCUT2D eigenvalue weighted by atomic mass is 19.1. The van der Waals surface area contributed by atoms with Gasteiger partial charge in [0.15, 0.2) is 0 Å². The van der Waals surface area contributed by atoms with Gasteiger partial charge in [0.05, 0.1) is 23.3 Å². The first-order valence-corrected chi connectivity index (χ1v) is 6.81. The fraction of sp³-hybridized carbons (Fsp3) is 0.235. The molecule has 0 bridgehead atoms. The molecule has 2 rings (SSSR count). The Hall–Kier alpha value is -2.29. The van der Waals surface area contributed by atoms with Gasteiger partial charge in [-0.05, 0) is 36.9 Å². The van der Waals surface area contributed by atoms with Crippen molar-refractivity contribution in [2.75, 3.05) is 13.6 Å². The predicted molar refractivity (Wildman–Crippen MR) is 78.8 cm³/mol. The zero-order chi connectivity index (χ0) is 16.1. The van der Waals surface area contributed by atoms with E-state index in [4.69, 9.17) is 5.26 Å². The molecule has 0 aliphatic carbocycles. The summed E-state index contributed by atoms with van der Waals surface area (Å²) in [7, 11) is 1.74. The summed E-state index contributed by atoms with van der Waals surface area (Å²) in [5, 5.41) is 18.9. The van der Waals surface area contributed by atoms with E-state index in [2.05, 4.69) is 6.07 Å². The van der Waals surface area contributed by atoms with Crippen molar-refractivity contribution in [3.05, 3.63) is 70.8 Å². The van der Waals surface area contributed by atoms with Crippen LogP contribution in [0.1, 0.15) is 22.8 Å². The molecule has 1 atom stereocenters. The van der Waals surface area contributed by atoms with Crippen LogP contribution in [0.3, 0.4) is 0 Å². The number of nitrogens with zero attached hydrogens (tertiary/aromatic N) is 2. The Bertz CT molecular complexity index is 677. The molecule has 0 spiro atoms. The number of aliphatic hydroxyl groups is 1. The Kier molecular flexibility index (Phi) is 5.21. The van der Waals surface area contributed by atoms with Crippen LogP contribution in [0.25, 0.3) is 0 Å². The number of aliphatic hydroxyl groups excluding tert-OH is 1. The minimum atomic E-state index is -1.26. The molecule has 0 saturated heterocycles. The number of likely N-dealkylation sites (N-methyl/N-ethyl adjacent to an activating group) is 1. The molecular weight excluding hydrogens is 286 g/mol. The van der Waals surface area contributed by atoms with E-state index in [1.54, 1.807) is 30.1 Å². The van der Waals surface area contributed by atoms with Gasteiger partial charge in [-0.1, -0.05) is 18.2 Å². The molecule has 5 heteroatoms. The highest BCUT2D eigenvalue weighted by Gasteiger charge is 2.19. The van der Waals surface area contributed by atoms with Gasteiger partial charge in [0.25, 0.3) is 0 Å². The number of benzene rings is 2.